The fourth-order valence-corrected chi connectivity index (χ4v) is 4.29. The Kier molecular flexibility index (Phi) is 5.31. The van der Waals surface area contributed by atoms with Crippen LogP contribution in [0.15, 0.2) is 51.8 Å². The van der Waals surface area contributed by atoms with Gasteiger partial charge in [-0.3, -0.25) is 14.9 Å². The molecule has 0 atom stereocenters. The Morgan fingerprint density at radius 2 is 1.93 bits per heavy atom. The summed E-state index contributed by atoms with van der Waals surface area (Å²) in [5.41, 5.74) is 1.26. The minimum Gasteiger partial charge on any atom is -0.311 e. The number of anilines is 1. The highest BCUT2D eigenvalue weighted by Gasteiger charge is 2.30. The van der Waals surface area contributed by atoms with Crippen LogP contribution in [0, 0.1) is 10.1 Å². The van der Waals surface area contributed by atoms with Crippen LogP contribution in [0.4, 0.5) is 11.4 Å². The molecule has 142 valence electrons. The number of hydrogen-bond donors (Lipinski definition) is 0. The second-order valence-electron chi connectivity index (χ2n) is 6.08. The van der Waals surface area contributed by atoms with Crippen LogP contribution in [0.1, 0.15) is 5.56 Å². The smallest absolute Gasteiger partial charge is 0.269 e. The summed E-state index contributed by atoms with van der Waals surface area (Å²) in [5.74, 6) is -0.384. The summed E-state index contributed by atoms with van der Waals surface area (Å²) in [6.07, 6.45) is 0.492. The van der Waals surface area contributed by atoms with Crippen LogP contribution in [0.2, 0.25) is 0 Å². The Balaban J connectivity index is 1.77. The van der Waals surface area contributed by atoms with Crippen LogP contribution in [0.5, 0.6) is 0 Å². The maximum absolute atomic E-state index is 12.6. The number of likely N-dealkylation sites (N-methyl/N-ethyl adjacent to an activating group) is 1. The van der Waals surface area contributed by atoms with E-state index in [1.807, 2.05) is 0 Å². The summed E-state index contributed by atoms with van der Waals surface area (Å²) in [6, 6.07) is 10.5. The predicted octanol–water partition coefficient (Wildman–Crippen LogP) is 2.57. The summed E-state index contributed by atoms with van der Waals surface area (Å²) in [5, 5.41) is 10.9. The minimum absolute atomic E-state index is 0.0296. The van der Waals surface area contributed by atoms with Crippen LogP contribution >= 0.6 is 15.9 Å². The van der Waals surface area contributed by atoms with Gasteiger partial charge in [0.05, 0.1) is 16.4 Å². The zero-order valence-corrected chi connectivity index (χ0v) is 16.7. The number of carbonyl (C=O) groups excluding carboxylic acids is 1. The van der Waals surface area contributed by atoms with Crippen molar-refractivity contribution in [3.05, 3.63) is 62.6 Å². The van der Waals surface area contributed by atoms with E-state index in [9.17, 15) is 23.3 Å². The van der Waals surface area contributed by atoms with Crippen molar-refractivity contribution in [2.75, 3.05) is 25.0 Å². The number of carbonyl (C=O) groups is 1. The molecule has 0 bridgehead atoms. The molecule has 0 fully saturated rings. The predicted molar refractivity (Wildman–Crippen MR) is 103 cm³/mol. The first kappa shape index (κ1) is 19.5. The Hall–Kier alpha value is -2.30. The monoisotopic (exact) mass is 453 g/mol. The number of nitrogens with zero attached hydrogens (tertiary/aromatic N) is 3. The molecule has 2 aromatic carbocycles. The lowest BCUT2D eigenvalue weighted by Crippen LogP contribution is -2.40. The zero-order chi connectivity index (χ0) is 19.8. The second kappa shape index (κ2) is 7.37. The molecule has 0 aliphatic carbocycles. The van der Waals surface area contributed by atoms with Crippen molar-refractivity contribution in [3.63, 3.8) is 0 Å². The van der Waals surface area contributed by atoms with Crippen molar-refractivity contribution >= 4 is 43.2 Å². The van der Waals surface area contributed by atoms with E-state index in [1.54, 1.807) is 12.1 Å². The van der Waals surface area contributed by atoms with Crippen molar-refractivity contribution in [2.24, 2.45) is 0 Å². The van der Waals surface area contributed by atoms with Crippen molar-refractivity contribution in [1.82, 2.24) is 4.31 Å². The van der Waals surface area contributed by atoms with Crippen molar-refractivity contribution in [3.8, 4) is 0 Å². The number of non-ortho nitro benzene ring substituents is 1. The van der Waals surface area contributed by atoms with Gasteiger partial charge < -0.3 is 4.90 Å². The molecule has 0 saturated carbocycles. The Labute approximate surface area is 164 Å². The third kappa shape index (κ3) is 3.87. The van der Waals surface area contributed by atoms with Gasteiger partial charge >= 0.3 is 0 Å². The second-order valence-corrected chi connectivity index (χ2v) is 9.04. The third-order valence-electron chi connectivity index (χ3n) is 4.35. The average Bonchev–Trinajstić information content (AvgIpc) is 3.05. The van der Waals surface area contributed by atoms with E-state index in [-0.39, 0.29) is 23.0 Å². The van der Waals surface area contributed by atoms with Gasteiger partial charge in [-0.05, 0) is 42.3 Å². The summed E-state index contributed by atoms with van der Waals surface area (Å²) < 4.78 is 27.0. The number of hydrogen-bond acceptors (Lipinski definition) is 5. The van der Waals surface area contributed by atoms with Crippen LogP contribution < -0.4 is 4.90 Å². The van der Waals surface area contributed by atoms with E-state index < -0.39 is 14.9 Å². The zero-order valence-electron chi connectivity index (χ0n) is 14.3. The van der Waals surface area contributed by atoms with Crippen LogP contribution in [0.3, 0.4) is 0 Å². The Bertz CT molecular complexity index is 1010. The number of halogens is 1. The lowest BCUT2D eigenvalue weighted by atomic mass is 10.1. The molecular formula is C17H16BrN3O5S. The SMILES string of the molecule is CN(CC(=O)N1CCc2cc([N+](=O)[O-])ccc21)S(=O)(=O)c1ccc(Br)cc1. The lowest BCUT2D eigenvalue weighted by Gasteiger charge is -2.22. The molecule has 1 heterocycles. The van der Waals surface area contributed by atoms with E-state index in [4.69, 9.17) is 0 Å². The fraction of sp³-hybridized carbons (Fsp3) is 0.235. The molecule has 10 heteroatoms. The molecule has 1 aliphatic heterocycles. The normalized spacial score (nSPS) is 13.7. The van der Waals surface area contributed by atoms with Crippen molar-refractivity contribution in [1.29, 1.82) is 0 Å². The van der Waals surface area contributed by atoms with Crippen molar-refractivity contribution in [2.45, 2.75) is 11.3 Å². The molecule has 27 heavy (non-hydrogen) atoms. The topological polar surface area (TPSA) is 101 Å². The molecule has 0 unspecified atom stereocenters. The van der Waals surface area contributed by atoms with E-state index in [2.05, 4.69) is 15.9 Å². The molecule has 8 nitrogen and oxygen atoms in total. The summed E-state index contributed by atoms with van der Waals surface area (Å²) in [7, 11) is -2.45. The number of nitro benzene ring substituents is 1. The molecular weight excluding hydrogens is 438 g/mol. The van der Waals surface area contributed by atoms with Gasteiger partial charge in [0.1, 0.15) is 0 Å². The molecule has 0 saturated heterocycles. The van der Waals surface area contributed by atoms with Gasteiger partial charge in [-0.15, -0.1) is 0 Å². The average molecular weight is 454 g/mol. The molecule has 0 aromatic heterocycles. The number of rotatable bonds is 5. The number of fused-ring (bicyclic) bond motifs is 1. The molecule has 0 N–H and O–H groups in total. The summed E-state index contributed by atoms with van der Waals surface area (Å²) >= 11 is 3.25. The van der Waals surface area contributed by atoms with E-state index in [0.29, 0.717) is 24.2 Å². The Morgan fingerprint density at radius 3 is 2.56 bits per heavy atom. The van der Waals surface area contributed by atoms with Crippen LogP contribution in [0.25, 0.3) is 0 Å². The maximum atomic E-state index is 12.6. The summed E-state index contributed by atoms with van der Waals surface area (Å²) in [6.45, 7) is 0.0380. The molecule has 3 rings (SSSR count). The van der Waals surface area contributed by atoms with Gasteiger partial charge in [0.15, 0.2) is 0 Å². The molecule has 2 aromatic rings. The maximum Gasteiger partial charge on any atom is 0.269 e. The van der Waals surface area contributed by atoms with Gasteiger partial charge in [0.2, 0.25) is 15.9 Å². The van der Waals surface area contributed by atoms with Crippen LogP contribution in [-0.4, -0.2) is 43.7 Å². The highest BCUT2D eigenvalue weighted by atomic mass is 79.9. The lowest BCUT2D eigenvalue weighted by molar-refractivity contribution is -0.384. The van der Waals surface area contributed by atoms with Gasteiger partial charge in [-0.2, -0.15) is 4.31 Å². The highest BCUT2D eigenvalue weighted by Crippen LogP contribution is 2.31. The van der Waals surface area contributed by atoms with Gasteiger partial charge in [-0.25, -0.2) is 8.42 Å². The number of nitro groups is 1. The fourth-order valence-electron chi connectivity index (χ4n) is 2.91. The molecule has 1 amide bonds. The molecule has 1 aliphatic rings. The highest BCUT2D eigenvalue weighted by molar-refractivity contribution is 9.10. The number of amides is 1. The first-order valence-electron chi connectivity index (χ1n) is 8.00. The van der Waals surface area contributed by atoms with Gasteiger partial charge in [0, 0.05) is 35.9 Å². The Morgan fingerprint density at radius 1 is 1.26 bits per heavy atom. The van der Waals surface area contributed by atoms with Gasteiger partial charge in [0.25, 0.3) is 5.69 Å². The minimum atomic E-state index is -3.80. The van der Waals surface area contributed by atoms with E-state index in [0.717, 1.165) is 8.78 Å². The third-order valence-corrected chi connectivity index (χ3v) is 6.70. The van der Waals surface area contributed by atoms with Crippen LogP contribution in [-0.2, 0) is 21.2 Å². The molecule has 0 radical (unpaired) electrons. The summed E-state index contributed by atoms with van der Waals surface area (Å²) in [4.78, 5) is 24.6. The standard InChI is InChI=1S/C17H16BrN3O5S/c1-19(27(25,26)15-5-2-13(18)3-6-15)11-17(22)20-9-8-12-10-14(21(23)24)4-7-16(12)20/h2-7,10H,8-9,11H2,1H3. The van der Waals surface area contributed by atoms with E-state index in [1.165, 1.54) is 42.3 Å². The van der Waals surface area contributed by atoms with Gasteiger partial charge in [-0.1, -0.05) is 15.9 Å². The quantitative estimate of drug-likeness (QED) is 0.511. The first-order chi connectivity index (χ1) is 12.7. The largest absolute Gasteiger partial charge is 0.311 e. The molecule has 0 spiro atoms. The first-order valence-corrected chi connectivity index (χ1v) is 10.2. The number of sulfonamides is 1. The van der Waals surface area contributed by atoms with E-state index >= 15 is 0 Å². The number of benzene rings is 2. The van der Waals surface area contributed by atoms with Crippen molar-refractivity contribution < 1.29 is 18.1 Å².